The second-order valence-electron chi connectivity index (χ2n) is 10.9. The van der Waals surface area contributed by atoms with Crippen LogP contribution < -0.4 is 16.2 Å². The number of likely N-dealkylation sites (tertiary alicyclic amines) is 1. The van der Waals surface area contributed by atoms with Crippen molar-refractivity contribution in [1.82, 2.24) is 25.1 Å². The predicted octanol–water partition coefficient (Wildman–Crippen LogP) is 1.55. The van der Waals surface area contributed by atoms with Crippen molar-refractivity contribution in [3.05, 3.63) is 57.0 Å². The molecule has 2 bridgehead atoms. The van der Waals surface area contributed by atoms with Crippen molar-refractivity contribution in [2.45, 2.75) is 69.5 Å². The molecule has 2 amide bonds. The number of aromatic hydroxyl groups is 1. The molecule has 6 rings (SSSR count). The molecule has 3 N–H and O–H groups in total. The minimum Gasteiger partial charge on any atom is -0.501 e. The number of carbonyl (C=O) groups is 3. The zero-order valence-corrected chi connectivity index (χ0v) is 21.9. The van der Waals surface area contributed by atoms with Gasteiger partial charge >= 0.3 is 0 Å². The molecule has 3 aliphatic heterocycles. The number of fused-ring (bicyclic) bond motifs is 2. The number of benzene rings is 1. The molecule has 2 fully saturated rings. The Morgan fingerprint density at radius 2 is 1.93 bits per heavy atom. The molecule has 4 heterocycles. The van der Waals surface area contributed by atoms with Crippen molar-refractivity contribution < 1.29 is 32.7 Å². The first-order valence-electron chi connectivity index (χ1n) is 13.2. The van der Waals surface area contributed by atoms with Crippen LogP contribution in [-0.4, -0.2) is 68.6 Å². The molecule has 13 heteroatoms. The van der Waals surface area contributed by atoms with Crippen LogP contribution in [0.4, 0.5) is 13.2 Å². The summed E-state index contributed by atoms with van der Waals surface area (Å²) in [6.07, 6.45) is -0.749. The van der Waals surface area contributed by atoms with E-state index in [1.54, 1.807) is 13.0 Å². The number of nitrogens with zero attached hydrogens (tertiary/aromatic N) is 3. The summed E-state index contributed by atoms with van der Waals surface area (Å²) in [6, 6.07) is 4.28. The molecule has 2 aromatic rings. The van der Waals surface area contributed by atoms with Crippen LogP contribution in [0.25, 0.3) is 0 Å². The molecule has 0 unspecified atom stereocenters. The van der Waals surface area contributed by atoms with Gasteiger partial charge in [-0.25, -0.2) is 18.2 Å². The van der Waals surface area contributed by atoms with E-state index in [9.17, 15) is 33.1 Å². The average molecular weight is 562 g/mol. The maximum atomic E-state index is 15.6. The molecular weight excluding hydrogens is 531 g/mol. The van der Waals surface area contributed by atoms with Gasteiger partial charge in [-0.1, -0.05) is 12.1 Å². The summed E-state index contributed by atoms with van der Waals surface area (Å²) in [7, 11) is 0. The summed E-state index contributed by atoms with van der Waals surface area (Å²) in [5, 5.41) is 16.2. The smallest absolute Gasteiger partial charge is 0.296 e. The highest BCUT2D eigenvalue weighted by molar-refractivity contribution is 6.37. The van der Waals surface area contributed by atoms with E-state index in [1.807, 2.05) is 0 Å². The van der Waals surface area contributed by atoms with Crippen molar-refractivity contribution in [1.29, 1.82) is 0 Å². The highest BCUT2D eigenvalue weighted by Crippen LogP contribution is 2.46. The monoisotopic (exact) mass is 561 g/mol. The quantitative estimate of drug-likeness (QED) is 0.437. The van der Waals surface area contributed by atoms with Crippen LogP contribution in [0.1, 0.15) is 59.5 Å². The highest BCUT2D eigenvalue weighted by Gasteiger charge is 2.51. The fourth-order valence-electron chi connectivity index (χ4n) is 5.75. The summed E-state index contributed by atoms with van der Waals surface area (Å²) in [5.74, 6) is -3.88. The zero-order chi connectivity index (χ0) is 28.8. The van der Waals surface area contributed by atoms with Gasteiger partial charge in [0.05, 0.1) is 25.2 Å². The van der Waals surface area contributed by atoms with Gasteiger partial charge in [0.1, 0.15) is 23.5 Å². The summed E-state index contributed by atoms with van der Waals surface area (Å²) in [4.78, 5) is 56.9. The van der Waals surface area contributed by atoms with E-state index in [0.717, 1.165) is 9.47 Å². The van der Waals surface area contributed by atoms with Crippen LogP contribution in [0.2, 0.25) is 0 Å². The molecule has 1 saturated heterocycles. The number of rotatable bonds is 7. The Bertz CT molecular complexity index is 1440. The standard InChI is InChI=1S/C27H30F3N5O5/c1-15-10-16(2-3-18(15)29)11-31-22(38)20-21(37)24(40)35-14-26(30)5-7-27(8-6-26,25(35)33-20)32-12-19(36)23(39)34-9-4-17(28)13-34/h2-3,10,17,32,37H,4-9,11-14H2,1H3,(H,31,38)/t17-,26?,27?/m1/s1. The maximum absolute atomic E-state index is 15.6. The van der Waals surface area contributed by atoms with Crippen molar-refractivity contribution >= 4 is 17.6 Å². The van der Waals surface area contributed by atoms with Crippen LogP contribution in [0.15, 0.2) is 23.0 Å². The summed E-state index contributed by atoms with van der Waals surface area (Å²) < 4.78 is 43.7. The third-order valence-electron chi connectivity index (χ3n) is 8.15. The molecule has 214 valence electrons. The second-order valence-corrected chi connectivity index (χ2v) is 10.9. The number of hydrogen-bond donors (Lipinski definition) is 3. The van der Waals surface area contributed by atoms with Crippen LogP contribution in [0, 0.1) is 12.7 Å². The van der Waals surface area contributed by atoms with E-state index in [0.29, 0.717) is 11.1 Å². The first-order chi connectivity index (χ1) is 18.9. The SMILES string of the molecule is Cc1cc(CNC(=O)c2nc3n(c(=O)c2O)CC2(F)CCC3(NCC(=O)C(=O)N3CC[C@@H](F)C3)CC2)ccc1F. The lowest BCUT2D eigenvalue weighted by atomic mass is 9.76. The van der Waals surface area contributed by atoms with E-state index in [4.69, 9.17) is 0 Å². The number of Topliss-reactive ketones (excluding diaryl/α,β-unsaturated/α-hetero) is 1. The predicted molar refractivity (Wildman–Crippen MR) is 136 cm³/mol. The summed E-state index contributed by atoms with van der Waals surface area (Å²) >= 11 is 0. The number of carbonyl (C=O) groups excluding carboxylic acids is 3. The number of aromatic nitrogens is 2. The maximum Gasteiger partial charge on any atom is 0.296 e. The van der Waals surface area contributed by atoms with E-state index in [-0.39, 0.29) is 64.1 Å². The van der Waals surface area contributed by atoms with Gasteiger partial charge in [-0.3, -0.25) is 29.1 Å². The molecular formula is C27H30F3N5O5. The van der Waals surface area contributed by atoms with Gasteiger partial charge in [-0.05, 0) is 56.2 Å². The van der Waals surface area contributed by atoms with Gasteiger partial charge in [0.2, 0.25) is 11.5 Å². The number of nitrogens with one attached hydrogen (secondary N) is 2. The molecule has 1 aromatic carbocycles. The zero-order valence-electron chi connectivity index (χ0n) is 21.9. The Morgan fingerprint density at radius 1 is 1.20 bits per heavy atom. The molecule has 0 radical (unpaired) electrons. The van der Waals surface area contributed by atoms with E-state index >= 15 is 4.39 Å². The second kappa shape index (κ2) is 10.3. The van der Waals surface area contributed by atoms with Crippen LogP contribution in [0.5, 0.6) is 5.75 Å². The summed E-state index contributed by atoms with van der Waals surface area (Å²) in [5.41, 5.74) is -3.60. The Kier molecular flexibility index (Phi) is 7.19. The van der Waals surface area contributed by atoms with E-state index < -0.39 is 64.3 Å². The average Bonchev–Trinajstić information content (AvgIpc) is 3.27. The van der Waals surface area contributed by atoms with Crippen LogP contribution in [0.3, 0.4) is 0 Å². The third-order valence-corrected chi connectivity index (χ3v) is 8.15. The number of alkyl halides is 2. The lowest BCUT2D eigenvalue weighted by molar-refractivity contribution is -0.143. The van der Waals surface area contributed by atoms with Crippen molar-refractivity contribution in [3.8, 4) is 5.75 Å². The van der Waals surface area contributed by atoms with Gasteiger partial charge < -0.3 is 15.3 Å². The van der Waals surface area contributed by atoms with Gasteiger partial charge in [0, 0.05) is 13.1 Å². The van der Waals surface area contributed by atoms with Gasteiger partial charge in [0.15, 0.2) is 5.69 Å². The number of amides is 2. The fourth-order valence-corrected chi connectivity index (χ4v) is 5.75. The molecule has 1 aromatic heterocycles. The molecule has 0 spiro atoms. The Hall–Kier alpha value is -3.74. The molecule has 10 nitrogen and oxygen atoms in total. The Labute approximate surface area is 227 Å². The first kappa shape index (κ1) is 27.8. The van der Waals surface area contributed by atoms with Crippen molar-refractivity contribution in [2.75, 3.05) is 19.6 Å². The van der Waals surface area contributed by atoms with Crippen molar-refractivity contribution in [3.63, 3.8) is 0 Å². The molecule has 1 aliphatic carbocycles. The minimum absolute atomic E-state index is 0.0136. The third kappa shape index (κ3) is 5.09. The van der Waals surface area contributed by atoms with E-state index in [2.05, 4.69) is 15.6 Å². The molecule has 40 heavy (non-hydrogen) atoms. The Morgan fingerprint density at radius 3 is 2.58 bits per heavy atom. The topological polar surface area (TPSA) is 134 Å². The fraction of sp³-hybridized carbons (Fsp3) is 0.519. The van der Waals surface area contributed by atoms with Gasteiger partial charge in [-0.2, -0.15) is 0 Å². The molecule has 4 aliphatic rings. The first-order valence-corrected chi connectivity index (χ1v) is 13.2. The number of hydrogen-bond acceptors (Lipinski definition) is 7. The van der Waals surface area contributed by atoms with Crippen LogP contribution in [-0.2, 0) is 28.2 Å². The number of ketones is 1. The van der Waals surface area contributed by atoms with Gasteiger partial charge in [0.25, 0.3) is 17.4 Å². The van der Waals surface area contributed by atoms with E-state index in [1.165, 1.54) is 12.1 Å². The number of aryl methyl sites for hydroxylation is 1. The van der Waals surface area contributed by atoms with Gasteiger partial charge in [-0.15, -0.1) is 0 Å². The Balaban J connectivity index is 1.42. The normalized spacial score (nSPS) is 25.4. The molecule has 1 atom stereocenters. The van der Waals surface area contributed by atoms with Crippen LogP contribution >= 0.6 is 0 Å². The highest BCUT2D eigenvalue weighted by atomic mass is 19.1. The largest absolute Gasteiger partial charge is 0.501 e. The number of halogens is 3. The minimum atomic E-state index is -1.76. The molecule has 1 saturated carbocycles. The van der Waals surface area contributed by atoms with Crippen molar-refractivity contribution in [2.24, 2.45) is 0 Å². The lowest BCUT2D eigenvalue weighted by Crippen LogP contribution is -2.51. The summed E-state index contributed by atoms with van der Waals surface area (Å²) in [6.45, 7) is 0.657. The lowest BCUT2D eigenvalue weighted by Gasteiger charge is -2.38.